The van der Waals surface area contributed by atoms with Gasteiger partial charge in [0.15, 0.2) is 11.6 Å². The van der Waals surface area contributed by atoms with Crippen molar-refractivity contribution in [2.75, 3.05) is 0 Å². The van der Waals surface area contributed by atoms with Gasteiger partial charge in [-0.25, -0.2) is 9.78 Å². The molecule has 0 atom stereocenters. The number of aromatic amines is 1. The molecule has 2 aromatic carbocycles. The lowest BCUT2D eigenvalue weighted by atomic mass is 10.2. The topological polar surface area (TPSA) is 119 Å². The molecule has 1 fully saturated rings. The van der Waals surface area contributed by atoms with Crippen LogP contribution in [0.3, 0.4) is 0 Å². The normalized spacial score (nSPS) is 13.7. The van der Waals surface area contributed by atoms with Gasteiger partial charge in [-0.15, -0.1) is 5.10 Å². The van der Waals surface area contributed by atoms with Crippen LogP contribution in [-0.2, 0) is 5.92 Å². The van der Waals surface area contributed by atoms with Crippen molar-refractivity contribution in [3.05, 3.63) is 72.7 Å². The maximum Gasteiger partial charge on any atom is 0.349 e. The third-order valence-corrected chi connectivity index (χ3v) is 5.91. The highest BCUT2D eigenvalue weighted by atomic mass is 35.5. The lowest BCUT2D eigenvalue weighted by Gasteiger charge is -2.14. The van der Waals surface area contributed by atoms with Gasteiger partial charge >= 0.3 is 11.6 Å². The smallest absolute Gasteiger partial charge is 0.349 e. The summed E-state index contributed by atoms with van der Waals surface area (Å²) in [4.78, 5) is 29.9. The second-order valence-corrected chi connectivity index (χ2v) is 8.86. The monoisotopic (exact) mass is 518 g/mol. The standard InChI is InChI=1S/C22H14Cl2F2N6O3/c1-22(25,26)20-28-15-5-4-12(8-17(15)31(20)10-2-3-10)35-18-13(23)6-11(7-14(18)24)32-21(34)29-19(33)16(9-27)30-32/h4-8,10H,2-3H2,1H3,(H,29,33,34). The Kier molecular flexibility index (Phi) is 5.38. The van der Waals surface area contributed by atoms with E-state index in [0.29, 0.717) is 11.0 Å². The highest BCUT2D eigenvalue weighted by molar-refractivity contribution is 6.37. The number of nitrogens with one attached hydrogen (secondary N) is 1. The Morgan fingerprint density at radius 3 is 2.49 bits per heavy atom. The minimum atomic E-state index is -3.11. The molecule has 1 N–H and O–H groups in total. The van der Waals surface area contributed by atoms with E-state index in [1.54, 1.807) is 24.3 Å². The maximum atomic E-state index is 14.2. The number of nitrogens with zero attached hydrogens (tertiary/aromatic N) is 5. The van der Waals surface area contributed by atoms with Crippen LogP contribution in [0.4, 0.5) is 8.78 Å². The Hall–Kier alpha value is -3.75. The van der Waals surface area contributed by atoms with Crippen LogP contribution in [0.15, 0.2) is 39.9 Å². The third-order valence-electron chi connectivity index (χ3n) is 5.35. The second-order valence-electron chi connectivity index (χ2n) is 8.05. The van der Waals surface area contributed by atoms with Gasteiger partial charge in [-0.05, 0) is 37.1 Å². The zero-order valence-electron chi connectivity index (χ0n) is 17.9. The van der Waals surface area contributed by atoms with Gasteiger partial charge in [-0.2, -0.15) is 18.7 Å². The minimum absolute atomic E-state index is 0.00230. The van der Waals surface area contributed by atoms with E-state index in [1.165, 1.54) is 16.7 Å². The molecule has 13 heteroatoms. The summed E-state index contributed by atoms with van der Waals surface area (Å²) in [5.74, 6) is -3.08. The molecule has 0 saturated heterocycles. The van der Waals surface area contributed by atoms with Crippen LogP contribution in [0.1, 0.15) is 37.3 Å². The molecular formula is C22H14Cl2F2N6O3. The fraction of sp³-hybridized carbons (Fsp3) is 0.227. The number of halogens is 4. The van der Waals surface area contributed by atoms with Crippen molar-refractivity contribution < 1.29 is 13.5 Å². The Bertz CT molecular complexity index is 1640. The number of ether oxygens (including phenoxy) is 1. The first-order valence-corrected chi connectivity index (χ1v) is 11.0. The van der Waals surface area contributed by atoms with E-state index < -0.39 is 22.9 Å². The number of rotatable bonds is 5. The SMILES string of the molecule is CC(F)(F)c1nc2ccc(Oc3c(Cl)cc(-n4nc(C#N)c(=O)[nH]c4=O)cc3Cl)cc2n1C1CC1. The lowest BCUT2D eigenvalue weighted by Crippen LogP contribution is -2.33. The molecule has 0 radical (unpaired) electrons. The second kappa shape index (κ2) is 8.18. The van der Waals surface area contributed by atoms with Crippen LogP contribution in [0.25, 0.3) is 16.7 Å². The van der Waals surface area contributed by atoms with Gasteiger partial charge in [0.2, 0.25) is 5.69 Å². The van der Waals surface area contributed by atoms with Crippen molar-refractivity contribution in [1.82, 2.24) is 24.3 Å². The fourth-order valence-corrected chi connectivity index (χ4v) is 4.23. The van der Waals surface area contributed by atoms with Gasteiger partial charge in [0.05, 0.1) is 26.8 Å². The first-order valence-electron chi connectivity index (χ1n) is 10.3. The van der Waals surface area contributed by atoms with E-state index in [1.807, 2.05) is 4.98 Å². The molecule has 9 nitrogen and oxygen atoms in total. The lowest BCUT2D eigenvalue weighted by molar-refractivity contribution is 0.00450. The number of fused-ring (bicyclic) bond motifs is 1. The van der Waals surface area contributed by atoms with Gasteiger partial charge in [0.1, 0.15) is 11.8 Å². The first-order chi connectivity index (χ1) is 16.6. The summed E-state index contributed by atoms with van der Waals surface area (Å²) >= 11 is 12.7. The van der Waals surface area contributed by atoms with E-state index in [9.17, 15) is 18.4 Å². The van der Waals surface area contributed by atoms with Crippen LogP contribution in [0.5, 0.6) is 11.5 Å². The zero-order valence-corrected chi connectivity index (χ0v) is 19.4. The first kappa shape index (κ1) is 23.0. The number of imidazole rings is 1. The summed E-state index contributed by atoms with van der Waals surface area (Å²) in [7, 11) is 0. The highest BCUT2D eigenvalue weighted by Crippen LogP contribution is 2.44. The van der Waals surface area contributed by atoms with Crippen molar-refractivity contribution in [3.63, 3.8) is 0 Å². The Balaban J connectivity index is 1.54. The molecule has 1 aliphatic carbocycles. The van der Waals surface area contributed by atoms with Crippen LogP contribution in [0, 0.1) is 11.3 Å². The van der Waals surface area contributed by atoms with Crippen LogP contribution >= 0.6 is 23.2 Å². The molecule has 0 unspecified atom stereocenters. The van der Waals surface area contributed by atoms with Gasteiger partial charge in [0, 0.05) is 19.0 Å². The average molecular weight is 519 g/mol. The summed E-state index contributed by atoms with van der Waals surface area (Å²) in [5, 5.41) is 12.7. The molecule has 1 saturated carbocycles. The number of nitriles is 1. The molecule has 178 valence electrons. The Labute approximate surface area is 205 Å². The maximum absolute atomic E-state index is 14.2. The fourth-order valence-electron chi connectivity index (χ4n) is 3.68. The van der Waals surface area contributed by atoms with E-state index in [4.69, 9.17) is 33.2 Å². The van der Waals surface area contributed by atoms with E-state index in [0.717, 1.165) is 24.4 Å². The Morgan fingerprint density at radius 1 is 1.20 bits per heavy atom. The summed E-state index contributed by atoms with van der Waals surface area (Å²) in [5.41, 5.74) is -1.34. The molecule has 0 bridgehead atoms. The van der Waals surface area contributed by atoms with E-state index >= 15 is 0 Å². The van der Waals surface area contributed by atoms with Crippen molar-refractivity contribution in [2.45, 2.75) is 31.7 Å². The molecule has 5 rings (SSSR count). The van der Waals surface area contributed by atoms with E-state index in [-0.39, 0.29) is 39.1 Å². The number of benzene rings is 2. The zero-order chi connectivity index (χ0) is 25.1. The van der Waals surface area contributed by atoms with Crippen molar-refractivity contribution in [3.8, 4) is 23.3 Å². The van der Waals surface area contributed by atoms with Crippen LogP contribution in [-0.4, -0.2) is 24.3 Å². The molecule has 2 aromatic heterocycles. The quantitative estimate of drug-likeness (QED) is 0.409. The predicted octanol–water partition coefficient (Wildman–Crippen LogP) is 4.69. The van der Waals surface area contributed by atoms with Crippen molar-refractivity contribution in [2.24, 2.45) is 0 Å². The Morgan fingerprint density at radius 2 is 1.89 bits per heavy atom. The number of H-pyrrole nitrogens is 1. The molecule has 35 heavy (non-hydrogen) atoms. The van der Waals surface area contributed by atoms with Crippen LogP contribution < -0.4 is 16.0 Å². The molecule has 0 aliphatic heterocycles. The molecule has 0 spiro atoms. The molecular weight excluding hydrogens is 505 g/mol. The molecule has 2 heterocycles. The third kappa shape index (κ3) is 4.15. The molecule has 1 aliphatic rings. The number of hydrogen-bond acceptors (Lipinski definition) is 6. The van der Waals surface area contributed by atoms with Crippen molar-refractivity contribution >= 4 is 34.2 Å². The highest BCUT2D eigenvalue weighted by Gasteiger charge is 2.37. The van der Waals surface area contributed by atoms with Gasteiger partial charge in [-0.3, -0.25) is 9.78 Å². The number of aromatic nitrogens is 5. The summed E-state index contributed by atoms with van der Waals surface area (Å²) in [6.45, 7) is 0.813. The summed E-state index contributed by atoms with van der Waals surface area (Å²) in [6, 6.07) is 8.89. The van der Waals surface area contributed by atoms with Gasteiger partial charge in [-0.1, -0.05) is 23.2 Å². The summed E-state index contributed by atoms with van der Waals surface area (Å²) < 4.78 is 36.5. The predicted molar refractivity (Wildman–Crippen MR) is 123 cm³/mol. The minimum Gasteiger partial charge on any atom is -0.454 e. The average Bonchev–Trinajstić information content (AvgIpc) is 3.55. The number of alkyl halides is 2. The van der Waals surface area contributed by atoms with Crippen LogP contribution in [0.2, 0.25) is 10.0 Å². The largest absolute Gasteiger partial charge is 0.454 e. The van der Waals surface area contributed by atoms with Gasteiger partial charge in [0.25, 0.3) is 5.56 Å². The number of hydrogen-bond donors (Lipinski definition) is 1. The van der Waals surface area contributed by atoms with Crippen molar-refractivity contribution in [1.29, 1.82) is 5.26 Å². The van der Waals surface area contributed by atoms with E-state index in [2.05, 4.69) is 10.1 Å². The molecule has 0 amide bonds. The summed E-state index contributed by atoms with van der Waals surface area (Å²) in [6.07, 6.45) is 1.56. The molecule has 4 aromatic rings. The van der Waals surface area contributed by atoms with Gasteiger partial charge < -0.3 is 9.30 Å².